The number of carbonyl (C=O) groups is 2. The van der Waals surface area contributed by atoms with E-state index in [4.69, 9.17) is 10.5 Å². The molecule has 6 heteroatoms. The molecule has 5 nitrogen and oxygen atoms in total. The summed E-state index contributed by atoms with van der Waals surface area (Å²) in [4.78, 5) is 24.8. The minimum Gasteiger partial charge on any atom is -0.465 e. The Hall–Kier alpha value is -2.60. The van der Waals surface area contributed by atoms with E-state index in [1.54, 1.807) is 12.1 Å². The first kappa shape index (κ1) is 16.3. The zero-order valence-electron chi connectivity index (χ0n) is 13.2. The van der Waals surface area contributed by atoms with Crippen molar-refractivity contribution in [1.82, 2.24) is 4.40 Å². The molecule has 0 bridgehead atoms. The molecule has 2 heterocycles. The van der Waals surface area contributed by atoms with Crippen molar-refractivity contribution in [2.45, 2.75) is 6.92 Å². The second-order valence-corrected chi connectivity index (χ2v) is 6.16. The molecule has 2 aromatic heterocycles. The first-order valence-corrected chi connectivity index (χ1v) is 8.02. The molecule has 3 rings (SSSR count). The molecule has 0 atom stereocenters. The van der Waals surface area contributed by atoms with Crippen LogP contribution in [0.15, 0.2) is 47.1 Å². The fourth-order valence-corrected chi connectivity index (χ4v) is 3.21. The third-order valence-corrected chi connectivity index (χ3v) is 4.95. The number of hydrogen-bond donors (Lipinski definition) is 1. The predicted molar refractivity (Wildman–Crippen MR) is 95.5 cm³/mol. The highest BCUT2D eigenvalue weighted by molar-refractivity contribution is 9.10. The quantitative estimate of drug-likeness (QED) is 0.423. The number of rotatable bonds is 3. The fraction of sp³-hybridized carbons (Fsp3) is 0.111. The van der Waals surface area contributed by atoms with Crippen molar-refractivity contribution in [3.63, 3.8) is 0 Å². The summed E-state index contributed by atoms with van der Waals surface area (Å²) in [6, 6.07) is 10.3. The normalized spacial score (nSPS) is 10.8. The van der Waals surface area contributed by atoms with Crippen molar-refractivity contribution in [3.8, 4) is 0 Å². The number of hydrogen-bond acceptors (Lipinski definition) is 4. The van der Waals surface area contributed by atoms with Gasteiger partial charge in [0.2, 0.25) is 5.78 Å². The molecule has 24 heavy (non-hydrogen) atoms. The lowest BCUT2D eigenvalue weighted by molar-refractivity contribution is 0.0602. The maximum Gasteiger partial charge on any atom is 0.339 e. The topological polar surface area (TPSA) is 73.8 Å². The van der Waals surface area contributed by atoms with Gasteiger partial charge in [-0.2, -0.15) is 0 Å². The van der Waals surface area contributed by atoms with Crippen molar-refractivity contribution in [3.05, 3.63) is 69.5 Å². The first-order valence-electron chi connectivity index (χ1n) is 7.23. The second kappa shape index (κ2) is 6.13. The molecule has 0 spiro atoms. The Morgan fingerprint density at radius 3 is 2.67 bits per heavy atom. The molecule has 0 fully saturated rings. The molecular formula is C18H15BrN2O3. The number of pyridine rings is 1. The van der Waals surface area contributed by atoms with Gasteiger partial charge in [0.05, 0.1) is 23.9 Å². The number of nitrogen functional groups attached to an aromatic ring is 1. The van der Waals surface area contributed by atoms with Crippen LogP contribution in [0.3, 0.4) is 0 Å². The number of anilines is 1. The van der Waals surface area contributed by atoms with Crippen LogP contribution in [0.1, 0.15) is 32.0 Å². The highest BCUT2D eigenvalue weighted by Crippen LogP contribution is 2.30. The van der Waals surface area contributed by atoms with E-state index in [9.17, 15) is 9.59 Å². The van der Waals surface area contributed by atoms with Crippen molar-refractivity contribution >= 4 is 38.9 Å². The van der Waals surface area contributed by atoms with Gasteiger partial charge in [0.1, 0.15) is 0 Å². The van der Waals surface area contributed by atoms with Crippen LogP contribution in [0.5, 0.6) is 0 Å². The molecule has 122 valence electrons. The van der Waals surface area contributed by atoms with E-state index in [-0.39, 0.29) is 17.0 Å². The van der Waals surface area contributed by atoms with Crippen LogP contribution in [-0.2, 0) is 4.74 Å². The van der Waals surface area contributed by atoms with Crippen molar-refractivity contribution in [1.29, 1.82) is 0 Å². The molecule has 0 aliphatic carbocycles. The number of halogens is 1. The van der Waals surface area contributed by atoms with Gasteiger partial charge in [0.25, 0.3) is 0 Å². The molecule has 0 amide bonds. The Morgan fingerprint density at radius 2 is 1.96 bits per heavy atom. The van der Waals surface area contributed by atoms with Gasteiger partial charge in [-0.1, -0.05) is 6.07 Å². The smallest absolute Gasteiger partial charge is 0.339 e. The molecule has 0 unspecified atom stereocenters. The van der Waals surface area contributed by atoms with E-state index in [2.05, 4.69) is 15.9 Å². The van der Waals surface area contributed by atoms with Gasteiger partial charge >= 0.3 is 5.97 Å². The molecule has 3 aromatic rings. The zero-order chi connectivity index (χ0) is 17.4. The monoisotopic (exact) mass is 386 g/mol. The van der Waals surface area contributed by atoms with Crippen LogP contribution in [0, 0.1) is 6.92 Å². The number of methoxy groups -OCH3 is 1. The van der Waals surface area contributed by atoms with Gasteiger partial charge in [0.15, 0.2) is 0 Å². The van der Waals surface area contributed by atoms with E-state index >= 15 is 0 Å². The maximum absolute atomic E-state index is 13.0. The number of esters is 1. The molecule has 1 aromatic carbocycles. The van der Waals surface area contributed by atoms with Crippen LogP contribution in [0.4, 0.5) is 5.69 Å². The van der Waals surface area contributed by atoms with Crippen LogP contribution in [-0.4, -0.2) is 23.3 Å². The number of aromatic nitrogens is 1. The van der Waals surface area contributed by atoms with Crippen molar-refractivity contribution in [2.75, 3.05) is 12.8 Å². The van der Waals surface area contributed by atoms with E-state index < -0.39 is 5.97 Å². The minimum absolute atomic E-state index is 0.181. The zero-order valence-corrected chi connectivity index (χ0v) is 14.8. The van der Waals surface area contributed by atoms with Gasteiger partial charge < -0.3 is 14.9 Å². The molecule has 0 aliphatic rings. The van der Waals surface area contributed by atoms with Crippen LogP contribution >= 0.6 is 15.9 Å². The fourth-order valence-electron chi connectivity index (χ4n) is 2.69. The lowest BCUT2D eigenvalue weighted by atomic mass is 10.0. The lowest BCUT2D eigenvalue weighted by Gasteiger charge is -2.08. The number of fused-ring (bicyclic) bond motifs is 1. The largest absolute Gasteiger partial charge is 0.465 e. The Morgan fingerprint density at radius 1 is 1.21 bits per heavy atom. The molecule has 0 saturated heterocycles. The number of benzene rings is 1. The van der Waals surface area contributed by atoms with Crippen LogP contribution < -0.4 is 5.73 Å². The lowest BCUT2D eigenvalue weighted by Crippen LogP contribution is -2.11. The minimum atomic E-state index is -0.569. The average molecular weight is 387 g/mol. The second-order valence-electron chi connectivity index (χ2n) is 5.37. The summed E-state index contributed by atoms with van der Waals surface area (Å²) in [7, 11) is 1.28. The van der Waals surface area contributed by atoms with Gasteiger partial charge in [-0.25, -0.2) is 4.79 Å². The first-order chi connectivity index (χ1) is 11.5. The maximum atomic E-state index is 13.0. The van der Waals surface area contributed by atoms with Crippen molar-refractivity contribution < 1.29 is 14.3 Å². The molecule has 2 N–H and O–H groups in total. The molecule has 0 radical (unpaired) electrons. The van der Waals surface area contributed by atoms with E-state index in [0.717, 1.165) is 15.6 Å². The molecular weight excluding hydrogens is 372 g/mol. The number of nitrogens with zero attached hydrogens (tertiary/aromatic N) is 1. The highest BCUT2D eigenvalue weighted by Gasteiger charge is 2.22. The predicted octanol–water partition coefficient (Wildman–Crippen LogP) is 3.61. The molecule has 0 aliphatic heterocycles. The molecule has 0 saturated carbocycles. The standard InChI is InChI=1S/C18H15BrN2O3/c1-10-15(19)14-5-3-4-8-21(14)16(10)17(22)11-6-7-13(20)12(9-11)18(23)24-2/h3-9H,20H2,1-2H3. The highest BCUT2D eigenvalue weighted by atomic mass is 79.9. The summed E-state index contributed by atoms with van der Waals surface area (Å²) in [5.74, 6) is -0.760. The Bertz CT molecular complexity index is 976. The number of ketones is 1. The summed E-state index contributed by atoms with van der Waals surface area (Å²) in [6.45, 7) is 1.88. The van der Waals surface area contributed by atoms with Gasteiger partial charge in [-0.15, -0.1) is 0 Å². The summed E-state index contributed by atoms with van der Waals surface area (Å²) in [6.07, 6.45) is 1.83. The van der Waals surface area contributed by atoms with Crippen LogP contribution in [0.25, 0.3) is 5.52 Å². The summed E-state index contributed by atoms with van der Waals surface area (Å²) >= 11 is 3.54. The average Bonchev–Trinajstić information content (AvgIpc) is 2.85. The number of carbonyl (C=O) groups excluding carboxylic acids is 2. The Kier molecular flexibility index (Phi) is 4.15. The SMILES string of the molecule is COC(=O)c1cc(C(=O)c2c(C)c(Br)c3ccccn23)ccc1N. The summed E-state index contributed by atoms with van der Waals surface area (Å²) in [5, 5.41) is 0. The number of nitrogens with two attached hydrogens (primary N) is 1. The van der Waals surface area contributed by atoms with E-state index in [1.807, 2.05) is 35.7 Å². The van der Waals surface area contributed by atoms with Crippen molar-refractivity contribution in [2.24, 2.45) is 0 Å². The van der Waals surface area contributed by atoms with Gasteiger partial charge in [-0.3, -0.25) is 4.79 Å². The third-order valence-electron chi connectivity index (χ3n) is 3.95. The van der Waals surface area contributed by atoms with E-state index in [1.165, 1.54) is 13.2 Å². The summed E-state index contributed by atoms with van der Waals surface area (Å²) in [5.41, 5.74) is 8.92. The van der Waals surface area contributed by atoms with Crippen LogP contribution in [0.2, 0.25) is 0 Å². The Balaban J connectivity index is 2.17. The summed E-state index contributed by atoms with van der Waals surface area (Å²) < 4.78 is 7.41. The van der Waals surface area contributed by atoms with Gasteiger partial charge in [-0.05, 0) is 58.7 Å². The third kappa shape index (κ3) is 2.49. The Labute approximate surface area is 147 Å². The van der Waals surface area contributed by atoms with Gasteiger partial charge in [0, 0.05) is 21.9 Å². The number of ether oxygens (including phenoxy) is 1. The van der Waals surface area contributed by atoms with E-state index in [0.29, 0.717) is 11.3 Å².